The molecule has 1 aromatic carbocycles. The highest BCUT2D eigenvalue weighted by molar-refractivity contribution is 9.10. The lowest BCUT2D eigenvalue weighted by atomic mass is 9.95. The first-order valence-corrected chi connectivity index (χ1v) is 12.4. The SMILES string of the molecule is CC(/C=C1/C(=O)N2[C@@H](C(=O)OC(C)(C)C)C(C)(C)S(=O)(=O)[C@H]12)=N/OCc1ccccc1Br. The fraction of sp³-hybridized carbons (Fsp3) is 0.500. The Morgan fingerprint density at radius 1 is 1.28 bits per heavy atom. The summed E-state index contributed by atoms with van der Waals surface area (Å²) in [4.78, 5) is 32.1. The lowest BCUT2D eigenvalue weighted by Gasteiger charge is -2.39. The van der Waals surface area contributed by atoms with Gasteiger partial charge in [0.25, 0.3) is 5.91 Å². The molecule has 0 aromatic heterocycles. The van der Waals surface area contributed by atoms with Gasteiger partial charge in [0.15, 0.2) is 21.3 Å². The third-order valence-electron chi connectivity index (χ3n) is 5.34. The topological polar surface area (TPSA) is 102 Å². The molecule has 2 heterocycles. The van der Waals surface area contributed by atoms with Crippen LogP contribution in [0.25, 0.3) is 0 Å². The molecule has 1 aromatic rings. The van der Waals surface area contributed by atoms with Crippen molar-refractivity contribution in [1.29, 1.82) is 0 Å². The minimum Gasteiger partial charge on any atom is -0.458 e. The normalized spacial score (nSPS) is 25.3. The highest BCUT2D eigenvalue weighted by Crippen LogP contribution is 2.48. The zero-order valence-electron chi connectivity index (χ0n) is 18.9. The molecule has 0 radical (unpaired) electrons. The van der Waals surface area contributed by atoms with E-state index >= 15 is 0 Å². The van der Waals surface area contributed by atoms with Crippen LogP contribution in [-0.4, -0.2) is 52.7 Å². The number of rotatable bonds is 5. The number of carbonyl (C=O) groups excluding carboxylic acids is 2. The van der Waals surface area contributed by atoms with Crippen LogP contribution in [0.2, 0.25) is 0 Å². The fourth-order valence-corrected chi connectivity index (χ4v) is 6.27. The van der Waals surface area contributed by atoms with Crippen molar-refractivity contribution < 1.29 is 27.6 Å². The standard InChI is InChI=1S/C22H27BrN2O6S/c1-13(24-30-12-14-9-7-8-10-16(14)23)11-15-18(26)25-17(20(27)31-21(2,3)4)22(5,6)32(28,29)19(15)25/h7-11,17,19H,12H2,1-6H3/b15-11-,24-13-/t17-,19+/m0/s1. The Labute approximate surface area is 196 Å². The number of allylic oxidation sites excluding steroid dienone is 1. The van der Waals surface area contributed by atoms with Gasteiger partial charge in [0, 0.05) is 10.0 Å². The average molecular weight is 527 g/mol. The predicted octanol–water partition coefficient (Wildman–Crippen LogP) is 3.35. The van der Waals surface area contributed by atoms with E-state index in [-0.39, 0.29) is 12.2 Å². The Morgan fingerprint density at radius 3 is 2.50 bits per heavy atom. The molecule has 1 amide bonds. The van der Waals surface area contributed by atoms with Gasteiger partial charge in [-0.25, -0.2) is 13.2 Å². The van der Waals surface area contributed by atoms with Crippen molar-refractivity contribution in [2.75, 3.05) is 0 Å². The number of oxime groups is 1. The smallest absolute Gasteiger partial charge is 0.331 e. The lowest BCUT2D eigenvalue weighted by Crippen LogP contribution is -2.59. The van der Waals surface area contributed by atoms with E-state index in [1.54, 1.807) is 27.7 Å². The van der Waals surface area contributed by atoms with Crippen molar-refractivity contribution >= 4 is 43.4 Å². The number of ether oxygens (including phenoxy) is 1. The molecule has 2 saturated heterocycles. The summed E-state index contributed by atoms with van der Waals surface area (Å²) in [5, 5.41) is 2.77. The Balaban J connectivity index is 1.82. The maximum Gasteiger partial charge on any atom is 0.331 e. The number of esters is 1. The average Bonchev–Trinajstić information content (AvgIpc) is 2.80. The van der Waals surface area contributed by atoms with Gasteiger partial charge >= 0.3 is 5.97 Å². The highest BCUT2D eigenvalue weighted by atomic mass is 79.9. The molecule has 0 saturated carbocycles. The van der Waals surface area contributed by atoms with E-state index in [1.165, 1.54) is 19.9 Å². The molecule has 174 valence electrons. The van der Waals surface area contributed by atoms with Crippen LogP contribution in [0.4, 0.5) is 0 Å². The van der Waals surface area contributed by atoms with Gasteiger partial charge in [0.05, 0.1) is 11.3 Å². The summed E-state index contributed by atoms with van der Waals surface area (Å²) in [5.41, 5.74) is 0.488. The summed E-state index contributed by atoms with van der Waals surface area (Å²) in [6.07, 6.45) is 1.40. The number of carbonyl (C=O) groups is 2. The van der Waals surface area contributed by atoms with Crippen molar-refractivity contribution in [2.45, 2.75) is 69.9 Å². The molecule has 2 aliphatic rings. The summed E-state index contributed by atoms with van der Waals surface area (Å²) >= 11 is 3.43. The Bertz CT molecular complexity index is 1120. The highest BCUT2D eigenvalue weighted by Gasteiger charge is 2.70. The number of fused-ring (bicyclic) bond motifs is 1. The number of hydrogen-bond donors (Lipinski definition) is 0. The van der Waals surface area contributed by atoms with Crippen LogP contribution in [0, 0.1) is 0 Å². The molecule has 2 fully saturated rings. The quantitative estimate of drug-likeness (QED) is 0.191. The van der Waals surface area contributed by atoms with E-state index in [2.05, 4.69) is 21.1 Å². The minimum absolute atomic E-state index is 0.0647. The van der Waals surface area contributed by atoms with E-state index < -0.39 is 43.5 Å². The van der Waals surface area contributed by atoms with E-state index in [1.807, 2.05) is 24.3 Å². The van der Waals surface area contributed by atoms with E-state index in [0.29, 0.717) is 5.71 Å². The van der Waals surface area contributed by atoms with Gasteiger partial charge in [-0.3, -0.25) is 4.79 Å². The number of sulfone groups is 1. The van der Waals surface area contributed by atoms with Crippen molar-refractivity contribution in [1.82, 2.24) is 4.90 Å². The van der Waals surface area contributed by atoms with Crippen molar-refractivity contribution in [2.24, 2.45) is 5.16 Å². The molecule has 2 atom stereocenters. The fourth-order valence-electron chi connectivity index (χ4n) is 3.75. The number of nitrogens with zero attached hydrogens (tertiary/aromatic N) is 2. The first-order valence-electron chi connectivity index (χ1n) is 10.1. The largest absolute Gasteiger partial charge is 0.458 e. The van der Waals surface area contributed by atoms with Gasteiger partial charge in [-0.2, -0.15) is 0 Å². The third kappa shape index (κ3) is 4.22. The number of amides is 1. The number of halogens is 1. The second-order valence-electron chi connectivity index (χ2n) is 9.35. The van der Waals surface area contributed by atoms with Gasteiger partial charge < -0.3 is 14.5 Å². The van der Waals surface area contributed by atoms with Crippen molar-refractivity contribution in [3.8, 4) is 0 Å². The third-order valence-corrected chi connectivity index (χ3v) is 8.88. The van der Waals surface area contributed by atoms with Crippen LogP contribution < -0.4 is 0 Å². The van der Waals surface area contributed by atoms with E-state index in [9.17, 15) is 18.0 Å². The molecule has 0 unspecified atom stereocenters. The first kappa shape index (κ1) is 24.4. The monoisotopic (exact) mass is 526 g/mol. The van der Waals surface area contributed by atoms with E-state index in [0.717, 1.165) is 14.9 Å². The second-order valence-corrected chi connectivity index (χ2v) is 12.8. The van der Waals surface area contributed by atoms with Gasteiger partial charge in [0.1, 0.15) is 17.0 Å². The predicted molar refractivity (Wildman–Crippen MR) is 123 cm³/mol. The molecule has 0 spiro atoms. The van der Waals surface area contributed by atoms with Crippen LogP contribution in [0.3, 0.4) is 0 Å². The van der Waals surface area contributed by atoms with Gasteiger partial charge in [-0.15, -0.1) is 0 Å². The summed E-state index contributed by atoms with van der Waals surface area (Å²) in [6, 6.07) is 6.30. The zero-order valence-corrected chi connectivity index (χ0v) is 21.3. The van der Waals surface area contributed by atoms with Crippen LogP contribution >= 0.6 is 15.9 Å². The van der Waals surface area contributed by atoms with E-state index in [4.69, 9.17) is 9.57 Å². The summed E-state index contributed by atoms with van der Waals surface area (Å²) in [6.45, 7) is 9.78. The zero-order chi connectivity index (χ0) is 24.1. The van der Waals surface area contributed by atoms with Crippen LogP contribution in [0.1, 0.15) is 47.1 Å². The summed E-state index contributed by atoms with van der Waals surface area (Å²) in [5.74, 6) is -1.26. The maximum atomic E-state index is 13.2. The molecule has 3 rings (SSSR count). The summed E-state index contributed by atoms with van der Waals surface area (Å²) in [7, 11) is -3.88. The molecular weight excluding hydrogens is 500 g/mol. The van der Waals surface area contributed by atoms with Crippen molar-refractivity contribution in [3.63, 3.8) is 0 Å². The Hall–Kier alpha value is -2.20. The molecular formula is C22H27BrN2O6S. The maximum absolute atomic E-state index is 13.2. The number of benzene rings is 1. The molecule has 0 N–H and O–H groups in total. The first-order chi connectivity index (χ1) is 14.7. The number of hydrogen-bond acceptors (Lipinski definition) is 7. The van der Waals surface area contributed by atoms with Crippen molar-refractivity contribution in [3.05, 3.63) is 46.0 Å². The van der Waals surface area contributed by atoms with Gasteiger partial charge in [0.2, 0.25) is 0 Å². The molecule has 0 bridgehead atoms. The molecule has 0 aliphatic carbocycles. The molecule has 8 nitrogen and oxygen atoms in total. The molecule has 2 aliphatic heterocycles. The summed E-state index contributed by atoms with van der Waals surface area (Å²) < 4.78 is 31.2. The lowest BCUT2D eigenvalue weighted by molar-refractivity contribution is -0.166. The van der Waals surface area contributed by atoms with Crippen LogP contribution in [0.5, 0.6) is 0 Å². The van der Waals surface area contributed by atoms with Gasteiger partial charge in [-0.05, 0) is 53.7 Å². The Morgan fingerprint density at radius 2 is 1.91 bits per heavy atom. The van der Waals surface area contributed by atoms with Gasteiger partial charge in [-0.1, -0.05) is 39.3 Å². The van der Waals surface area contributed by atoms with Crippen LogP contribution in [-0.2, 0) is 35.6 Å². The second kappa shape index (κ2) is 8.30. The van der Waals surface area contributed by atoms with Crippen LogP contribution in [0.15, 0.2) is 45.5 Å². The Kier molecular flexibility index (Phi) is 6.34. The molecule has 32 heavy (non-hydrogen) atoms. The number of β-lactam (4-membered cyclic amide) rings is 1. The molecule has 10 heteroatoms. The minimum atomic E-state index is -3.88.